The van der Waals surface area contributed by atoms with Gasteiger partial charge < -0.3 is 4.55 Å². The fraction of sp³-hybridized carbons (Fsp3) is 0.300. The summed E-state index contributed by atoms with van der Waals surface area (Å²) in [6.07, 6.45) is 1.69. The van der Waals surface area contributed by atoms with Crippen molar-refractivity contribution >= 4 is 22.0 Å². The van der Waals surface area contributed by atoms with Gasteiger partial charge in [-0.15, -0.1) is 0 Å². The topological polar surface area (TPSA) is 58.0 Å². The summed E-state index contributed by atoms with van der Waals surface area (Å²) < 4.78 is 23.4. The van der Waals surface area contributed by atoms with Gasteiger partial charge in [-0.05, 0) is 43.1 Å². The van der Waals surface area contributed by atoms with Crippen LogP contribution in [0.25, 0.3) is 10.9 Å². The third kappa shape index (κ3) is 2.55. The van der Waals surface area contributed by atoms with E-state index in [1.165, 1.54) is 0 Å². The first kappa shape index (κ1) is 13.9. The van der Waals surface area contributed by atoms with Crippen molar-refractivity contribution in [3.63, 3.8) is 0 Å². The second-order valence-electron chi connectivity index (χ2n) is 3.64. The summed E-state index contributed by atoms with van der Waals surface area (Å²) in [5, 5.41) is 5.06. The Morgan fingerprint density at radius 2 is 2.12 bits per heavy atom. The van der Waals surface area contributed by atoms with Gasteiger partial charge >= 0.3 is 29.6 Å². The minimum absolute atomic E-state index is 0. The van der Waals surface area contributed by atoms with Crippen molar-refractivity contribution in [3.8, 4) is 0 Å². The summed E-state index contributed by atoms with van der Waals surface area (Å²) in [6, 6.07) is 5.27. The molecule has 0 saturated heterocycles. The van der Waals surface area contributed by atoms with Crippen LogP contribution in [-0.2, 0) is 11.1 Å². The molecule has 0 bridgehead atoms. The zero-order valence-electron chi connectivity index (χ0n) is 9.51. The number of hydrogen-bond donors (Lipinski definition) is 0. The van der Waals surface area contributed by atoms with E-state index in [9.17, 15) is 8.76 Å². The molecule has 1 aromatic heterocycles. The van der Waals surface area contributed by atoms with Crippen LogP contribution in [-0.4, -0.2) is 18.5 Å². The van der Waals surface area contributed by atoms with Crippen LogP contribution in [0.5, 0.6) is 0 Å². The maximum atomic E-state index is 10.8. The van der Waals surface area contributed by atoms with E-state index in [-0.39, 0.29) is 35.6 Å². The molecule has 0 fully saturated rings. The second kappa shape index (κ2) is 5.42. The molecule has 0 aliphatic rings. The molecule has 2 rings (SSSR count). The fourth-order valence-electron chi connectivity index (χ4n) is 1.55. The van der Waals surface area contributed by atoms with Crippen LogP contribution in [0, 0.1) is 0 Å². The molecule has 80 valence electrons. The first-order valence-electron chi connectivity index (χ1n) is 4.66. The van der Waals surface area contributed by atoms with Gasteiger partial charge in [0.05, 0.1) is 11.7 Å². The average molecular weight is 246 g/mol. The number of benzene rings is 1. The van der Waals surface area contributed by atoms with E-state index in [2.05, 4.69) is 5.10 Å². The first-order chi connectivity index (χ1) is 7.09. The molecule has 0 aliphatic heterocycles. The summed E-state index contributed by atoms with van der Waals surface area (Å²) in [5.74, 6) is 0. The SMILES string of the molecule is CC(C)n1ncc2cc(S(=O)[O-])ccc21.[Na+]. The Balaban J connectivity index is 0.00000128. The maximum absolute atomic E-state index is 10.8. The molecule has 1 aromatic carbocycles. The van der Waals surface area contributed by atoms with Gasteiger partial charge in [0, 0.05) is 16.3 Å². The Bertz CT molecular complexity index is 525. The van der Waals surface area contributed by atoms with Crippen LogP contribution in [0.3, 0.4) is 0 Å². The third-order valence-corrected chi connectivity index (χ3v) is 2.89. The second-order valence-corrected chi connectivity index (χ2v) is 4.58. The van der Waals surface area contributed by atoms with Crippen LogP contribution in [0.4, 0.5) is 0 Å². The molecule has 6 heteroatoms. The molecule has 0 amide bonds. The standard InChI is InChI=1S/C10H12N2O2S.Na/c1-7(2)12-10-4-3-9(15(13)14)5-8(10)6-11-12;/h3-7H,1-2H3,(H,13,14);/q;+1/p-1. The molecular formula is C10H11N2NaO2S. The molecule has 1 atom stereocenters. The van der Waals surface area contributed by atoms with Gasteiger partial charge in [-0.3, -0.25) is 8.89 Å². The van der Waals surface area contributed by atoms with Crippen molar-refractivity contribution in [2.24, 2.45) is 0 Å². The van der Waals surface area contributed by atoms with Crippen LogP contribution >= 0.6 is 0 Å². The van der Waals surface area contributed by atoms with Gasteiger partial charge in [-0.25, -0.2) is 0 Å². The quantitative estimate of drug-likeness (QED) is 0.497. The average Bonchev–Trinajstić information content (AvgIpc) is 2.59. The van der Waals surface area contributed by atoms with E-state index in [0.717, 1.165) is 10.9 Å². The molecule has 0 saturated carbocycles. The van der Waals surface area contributed by atoms with Gasteiger partial charge in [-0.1, -0.05) is 0 Å². The maximum Gasteiger partial charge on any atom is 1.00 e. The molecular weight excluding hydrogens is 235 g/mol. The molecule has 2 aromatic rings. The van der Waals surface area contributed by atoms with Crippen LogP contribution in [0.2, 0.25) is 0 Å². The van der Waals surface area contributed by atoms with Crippen molar-refractivity contribution in [1.29, 1.82) is 0 Å². The molecule has 0 N–H and O–H groups in total. The Morgan fingerprint density at radius 3 is 2.69 bits per heavy atom. The summed E-state index contributed by atoms with van der Waals surface area (Å²) in [4.78, 5) is 0.297. The minimum Gasteiger partial charge on any atom is -0.768 e. The third-order valence-electron chi connectivity index (χ3n) is 2.25. The Labute approximate surface area is 119 Å². The van der Waals surface area contributed by atoms with E-state index < -0.39 is 11.1 Å². The minimum atomic E-state index is -2.17. The smallest absolute Gasteiger partial charge is 0.768 e. The molecule has 1 unspecified atom stereocenters. The summed E-state index contributed by atoms with van der Waals surface area (Å²) in [6.45, 7) is 4.07. The largest absolute Gasteiger partial charge is 1.00 e. The number of aromatic nitrogens is 2. The van der Waals surface area contributed by atoms with Crippen LogP contribution in [0.15, 0.2) is 29.3 Å². The van der Waals surface area contributed by atoms with E-state index in [1.54, 1.807) is 24.4 Å². The van der Waals surface area contributed by atoms with Crippen molar-refractivity contribution in [2.75, 3.05) is 0 Å². The summed E-state index contributed by atoms with van der Waals surface area (Å²) in [5.41, 5.74) is 0.958. The zero-order valence-corrected chi connectivity index (χ0v) is 12.3. The number of hydrogen-bond acceptors (Lipinski definition) is 3. The van der Waals surface area contributed by atoms with Gasteiger partial charge in [0.15, 0.2) is 0 Å². The van der Waals surface area contributed by atoms with Gasteiger partial charge in [0.2, 0.25) is 0 Å². The normalized spacial score (nSPS) is 12.8. The molecule has 16 heavy (non-hydrogen) atoms. The van der Waals surface area contributed by atoms with Crippen molar-refractivity contribution in [2.45, 2.75) is 24.8 Å². The van der Waals surface area contributed by atoms with Gasteiger partial charge in [0.25, 0.3) is 0 Å². The Morgan fingerprint density at radius 1 is 1.44 bits per heavy atom. The molecule has 4 nitrogen and oxygen atoms in total. The molecule has 0 aliphatic carbocycles. The molecule has 1 heterocycles. The van der Waals surface area contributed by atoms with Crippen molar-refractivity contribution < 1.29 is 38.3 Å². The summed E-state index contributed by atoms with van der Waals surface area (Å²) >= 11 is -2.17. The Hall–Kier alpha value is -0.200. The van der Waals surface area contributed by atoms with E-state index in [4.69, 9.17) is 0 Å². The van der Waals surface area contributed by atoms with E-state index >= 15 is 0 Å². The summed E-state index contributed by atoms with van der Waals surface area (Å²) in [7, 11) is 0. The number of nitrogens with zero attached hydrogens (tertiary/aromatic N) is 2. The van der Waals surface area contributed by atoms with Crippen LogP contribution in [0.1, 0.15) is 19.9 Å². The van der Waals surface area contributed by atoms with Gasteiger partial charge in [0.1, 0.15) is 0 Å². The van der Waals surface area contributed by atoms with Crippen molar-refractivity contribution in [3.05, 3.63) is 24.4 Å². The predicted molar refractivity (Wildman–Crippen MR) is 57.3 cm³/mol. The zero-order chi connectivity index (χ0) is 11.0. The number of rotatable bonds is 2. The van der Waals surface area contributed by atoms with Crippen molar-refractivity contribution in [1.82, 2.24) is 9.78 Å². The number of fused-ring (bicyclic) bond motifs is 1. The van der Waals surface area contributed by atoms with Crippen LogP contribution < -0.4 is 29.6 Å². The van der Waals surface area contributed by atoms with E-state index in [1.807, 2.05) is 18.5 Å². The first-order valence-corrected chi connectivity index (χ1v) is 5.73. The molecule has 0 spiro atoms. The van der Waals surface area contributed by atoms with Gasteiger partial charge in [-0.2, -0.15) is 5.10 Å². The molecule has 0 radical (unpaired) electrons. The predicted octanol–water partition coefficient (Wildman–Crippen LogP) is -1.14. The monoisotopic (exact) mass is 246 g/mol. The van der Waals surface area contributed by atoms with E-state index in [0.29, 0.717) is 4.90 Å². The Kier molecular flexibility index (Phi) is 4.70. The fourth-order valence-corrected chi connectivity index (χ4v) is 1.95.